The van der Waals surface area contributed by atoms with E-state index >= 15 is 0 Å². The number of benzene rings is 1. The molecule has 0 spiro atoms. The highest BCUT2D eigenvalue weighted by molar-refractivity contribution is 7.86. The zero-order valence-corrected chi connectivity index (χ0v) is 12.5. The predicted octanol–water partition coefficient (Wildman–Crippen LogP) is 0.264. The van der Waals surface area contributed by atoms with E-state index in [2.05, 4.69) is 20.9 Å². The Morgan fingerprint density at radius 1 is 1.14 bits per heavy atom. The van der Waals surface area contributed by atoms with E-state index in [0.717, 1.165) is 22.3 Å². The monoisotopic (exact) mass is 307 g/mol. The van der Waals surface area contributed by atoms with Crippen molar-refractivity contribution >= 4 is 26.9 Å². The Bertz CT molecular complexity index is 769. The molecule has 1 aliphatic rings. The molecule has 1 aliphatic heterocycles. The van der Waals surface area contributed by atoms with Crippen LogP contribution in [0, 0.1) is 6.92 Å². The van der Waals surface area contributed by atoms with Crippen LogP contribution in [0.1, 0.15) is 5.56 Å². The quantitative estimate of drug-likeness (QED) is 0.859. The van der Waals surface area contributed by atoms with Crippen molar-refractivity contribution in [2.24, 2.45) is 5.14 Å². The standard InChI is InChI=1S/C13H17N5O2S/c1-10-2-3-12-11(8-10)13(16-9-15-12)17-4-6-18(7-5-17)21(14,19)20/h2-3,8-9H,4-7H2,1H3,(H2,14,19,20). The van der Waals surface area contributed by atoms with Crippen LogP contribution in [0.4, 0.5) is 5.82 Å². The number of aryl methyl sites for hydroxylation is 1. The Morgan fingerprint density at radius 3 is 2.52 bits per heavy atom. The molecule has 8 heteroatoms. The summed E-state index contributed by atoms with van der Waals surface area (Å²) >= 11 is 0. The molecule has 1 aromatic carbocycles. The van der Waals surface area contributed by atoms with Gasteiger partial charge in [0.25, 0.3) is 10.2 Å². The van der Waals surface area contributed by atoms with E-state index in [1.165, 1.54) is 4.31 Å². The average Bonchev–Trinajstić information content (AvgIpc) is 2.46. The molecule has 0 atom stereocenters. The topological polar surface area (TPSA) is 92.4 Å². The number of nitrogens with two attached hydrogens (primary N) is 1. The van der Waals surface area contributed by atoms with E-state index in [9.17, 15) is 8.42 Å². The van der Waals surface area contributed by atoms with Crippen molar-refractivity contribution in [3.05, 3.63) is 30.1 Å². The third kappa shape index (κ3) is 2.82. The Morgan fingerprint density at radius 2 is 1.86 bits per heavy atom. The maximum absolute atomic E-state index is 11.3. The normalized spacial score (nSPS) is 17.3. The number of rotatable bonds is 2. The van der Waals surface area contributed by atoms with Crippen molar-refractivity contribution in [3.63, 3.8) is 0 Å². The minimum atomic E-state index is -3.61. The Labute approximate surface area is 123 Å². The molecule has 2 N–H and O–H groups in total. The molecular weight excluding hydrogens is 290 g/mol. The van der Waals surface area contributed by atoms with Gasteiger partial charge in [0.05, 0.1) is 5.52 Å². The van der Waals surface area contributed by atoms with Gasteiger partial charge in [0.15, 0.2) is 0 Å². The Hall–Kier alpha value is -1.77. The minimum absolute atomic E-state index is 0.371. The van der Waals surface area contributed by atoms with Gasteiger partial charge in [-0.1, -0.05) is 11.6 Å². The van der Waals surface area contributed by atoms with Gasteiger partial charge in [-0.05, 0) is 19.1 Å². The molecule has 0 amide bonds. The van der Waals surface area contributed by atoms with Crippen LogP contribution in [-0.2, 0) is 10.2 Å². The molecule has 0 radical (unpaired) electrons. The fourth-order valence-corrected chi connectivity index (χ4v) is 3.24. The molecule has 2 heterocycles. The van der Waals surface area contributed by atoms with Gasteiger partial charge in [0.2, 0.25) is 0 Å². The van der Waals surface area contributed by atoms with Crippen molar-refractivity contribution in [3.8, 4) is 0 Å². The fraction of sp³-hybridized carbons (Fsp3) is 0.385. The highest BCUT2D eigenvalue weighted by Gasteiger charge is 2.25. The van der Waals surface area contributed by atoms with Crippen LogP contribution in [0.3, 0.4) is 0 Å². The first-order valence-corrected chi connectivity index (χ1v) is 8.19. The number of hydrogen-bond donors (Lipinski definition) is 1. The lowest BCUT2D eigenvalue weighted by Gasteiger charge is -2.34. The average molecular weight is 307 g/mol. The summed E-state index contributed by atoms with van der Waals surface area (Å²) in [6.45, 7) is 3.90. The molecule has 0 aliphatic carbocycles. The lowest BCUT2D eigenvalue weighted by atomic mass is 10.1. The van der Waals surface area contributed by atoms with Crippen molar-refractivity contribution < 1.29 is 8.42 Å². The van der Waals surface area contributed by atoms with E-state index < -0.39 is 10.2 Å². The van der Waals surface area contributed by atoms with Crippen LogP contribution < -0.4 is 10.0 Å². The van der Waals surface area contributed by atoms with Gasteiger partial charge in [0, 0.05) is 31.6 Å². The van der Waals surface area contributed by atoms with Gasteiger partial charge in [-0.15, -0.1) is 0 Å². The molecule has 3 rings (SSSR count). The van der Waals surface area contributed by atoms with Gasteiger partial charge in [-0.25, -0.2) is 15.1 Å². The first-order chi connectivity index (χ1) is 9.95. The van der Waals surface area contributed by atoms with Gasteiger partial charge >= 0.3 is 0 Å². The second-order valence-electron chi connectivity index (χ2n) is 5.15. The molecular formula is C13H17N5O2S. The third-order valence-electron chi connectivity index (χ3n) is 3.67. The number of anilines is 1. The summed E-state index contributed by atoms with van der Waals surface area (Å²) in [5.74, 6) is 0.845. The summed E-state index contributed by atoms with van der Waals surface area (Å²) in [5, 5.41) is 6.15. The Balaban J connectivity index is 1.91. The second-order valence-corrected chi connectivity index (χ2v) is 6.70. The maximum Gasteiger partial charge on any atom is 0.277 e. The van der Waals surface area contributed by atoms with Crippen LogP contribution in [0.5, 0.6) is 0 Å². The minimum Gasteiger partial charge on any atom is -0.353 e. The Kier molecular flexibility index (Phi) is 3.52. The third-order valence-corrected chi connectivity index (χ3v) is 4.75. The second kappa shape index (κ2) is 5.21. The van der Waals surface area contributed by atoms with E-state index in [1.807, 2.05) is 19.1 Å². The summed E-state index contributed by atoms with van der Waals surface area (Å²) in [6, 6.07) is 6.03. The smallest absolute Gasteiger partial charge is 0.277 e. The lowest BCUT2D eigenvalue weighted by molar-refractivity contribution is 0.385. The fourth-order valence-electron chi connectivity index (χ4n) is 2.56. The van der Waals surface area contributed by atoms with Crippen molar-refractivity contribution in [2.45, 2.75) is 6.92 Å². The van der Waals surface area contributed by atoms with Crippen LogP contribution in [0.25, 0.3) is 10.9 Å². The first-order valence-electron chi connectivity index (χ1n) is 6.69. The lowest BCUT2D eigenvalue weighted by Crippen LogP contribution is -2.51. The molecule has 1 saturated heterocycles. The van der Waals surface area contributed by atoms with Gasteiger partial charge in [-0.3, -0.25) is 0 Å². The van der Waals surface area contributed by atoms with Crippen LogP contribution in [-0.4, -0.2) is 48.9 Å². The van der Waals surface area contributed by atoms with Crippen LogP contribution in [0.2, 0.25) is 0 Å². The molecule has 21 heavy (non-hydrogen) atoms. The number of hydrogen-bond acceptors (Lipinski definition) is 5. The predicted molar refractivity (Wildman–Crippen MR) is 81.2 cm³/mol. The van der Waals surface area contributed by atoms with Crippen molar-refractivity contribution in [1.82, 2.24) is 14.3 Å². The van der Waals surface area contributed by atoms with Crippen molar-refractivity contribution in [1.29, 1.82) is 0 Å². The molecule has 112 valence electrons. The van der Waals surface area contributed by atoms with E-state index in [1.54, 1.807) is 6.33 Å². The van der Waals surface area contributed by atoms with E-state index in [-0.39, 0.29) is 0 Å². The van der Waals surface area contributed by atoms with Crippen molar-refractivity contribution in [2.75, 3.05) is 31.1 Å². The number of piperazine rings is 1. The largest absolute Gasteiger partial charge is 0.353 e. The summed E-state index contributed by atoms with van der Waals surface area (Å²) in [6.07, 6.45) is 1.54. The SMILES string of the molecule is Cc1ccc2ncnc(N3CCN(S(N)(=O)=O)CC3)c2c1. The van der Waals surface area contributed by atoms with Crippen LogP contribution >= 0.6 is 0 Å². The highest BCUT2D eigenvalue weighted by Crippen LogP contribution is 2.24. The molecule has 1 fully saturated rings. The molecule has 0 bridgehead atoms. The van der Waals surface area contributed by atoms with Gasteiger partial charge in [-0.2, -0.15) is 12.7 Å². The number of aromatic nitrogens is 2. The molecule has 7 nitrogen and oxygen atoms in total. The summed E-state index contributed by atoms with van der Waals surface area (Å²) in [5.41, 5.74) is 2.03. The summed E-state index contributed by atoms with van der Waals surface area (Å²) < 4.78 is 24.0. The zero-order valence-electron chi connectivity index (χ0n) is 11.7. The molecule has 0 saturated carbocycles. The van der Waals surface area contributed by atoms with Crippen LogP contribution in [0.15, 0.2) is 24.5 Å². The maximum atomic E-state index is 11.3. The van der Waals surface area contributed by atoms with E-state index in [0.29, 0.717) is 26.2 Å². The summed E-state index contributed by atoms with van der Waals surface area (Å²) in [4.78, 5) is 10.7. The number of nitrogens with zero attached hydrogens (tertiary/aromatic N) is 4. The molecule has 0 unspecified atom stereocenters. The zero-order chi connectivity index (χ0) is 15.0. The first kappa shape index (κ1) is 14.2. The highest BCUT2D eigenvalue weighted by atomic mass is 32.2. The van der Waals surface area contributed by atoms with E-state index in [4.69, 9.17) is 5.14 Å². The molecule has 1 aromatic heterocycles. The number of fused-ring (bicyclic) bond motifs is 1. The molecule has 2 aromatic rings. The van der Waals surface area contributed by atoms with Gasteiger partial charge in [0.1, 0.15) is 12.1 Å². The van der Waals surface area contributed by atoms with Gasteiger partial charge < -0.3 is 4.90 Å². The summed E-state index contributed by atoms with van der Waals surface area (Å²) in [7, 11) is -3.61.